The van der Waals surface area contributed by atoms with Crippen molar-refractivity contribution >= 4 is 28.8 Å². The Hall–Kier alpha value is -3.70. The van der Waals surface area contributed by atoms with Crippen LogP contribution in [-0.2, 0) is 6.42 Å². The highest BCUT2D eigenvalue weighted by Gasteiger charge is 2.24. The van der Waals surface area contributed by atoms with Gasteiger partial charge in [-0.3, -0.25) is 9.59 Å². The number of amides is 2. The summed E-state index contributed by atoms with van der Waals surface area (Å²) in [5, 5.41) is 9.20. The van der Waals surface area contributed by atoms with Crippen LogP contribution >= 0.6 is 11.3 Å². The Morgan fingerprint density at radius 3 is 2.52 bits per heavy atom. The monoisotopic (exact) mass is 432 g/mol. The van der Waals surface area contributed by atoms with Gasteiger partial charge in [-0.25, -0.2) is 4.98 Å². The fourth-order valence-corrected chi connectivity index (χ4v) is 4.53. The lowest BCUT2D eigenvalue weighted by molar-refractivity contribution is 0.0827. The molecular formula is C23H20N4O3S. The summed E-state index contributed by atoms with van der Waals surface area (Å²) in [4.78, 5) is 34.2. The molecule has 1 aliphatic rings. The fourth-order valence-electron chi connectivity index (χ4n) is 3.35. The van der Waals surface area contributed by atoms with Crippen molar-refractivity contribution in [2.45, 2.75) is 6.42 Å². The second-order valence-electron chi connectivity index (χ2n) is 7.33. The second-order valence-corrected chi connectivity index (χ2v) is 8.38. The molecule has 1 aromatic carbocycles. The van der Waals surface area contributed by atoms with Gasteiger partial charge in [0, 0.05) is 38.8 Å². The first kappa shape index (κ1) is 20.6. The van der Waals surface area contributed by atoms with Gasteiger partial charge in [0.05, 0.1) is 16.4 Å². The van der Waals surface area contributed by atoms with E-state index >= 15 is 0 Å². The Bertz CT molecular complexity index is 1210. The average molecular weight is 433 g/mol. The van der Waals surface area contributed by atoms with E-state index in [9.17, 15) is 14.9 Å². The van der Waals surface area contributed by atoms with Crippen LogP contribution in [0.2, 0.25) is 0 Å². The zero-order valence-corrected chi connectivity index (χ0v) is 18.2. The Morgan fingerprint density at radius 2 is 1.84 bits per heavy atom. The number of pyridine rings is 1. The Morgan fingerprint density at radius 1 is 1.10 bits per heavy atom. The molecule has 31 heavy (non-hydrogen) atoms. The summed E-state index contributed by atoms with van der Waals surface area (Å²) in [6, 6.07) is 14.3. The molecule has 0 aliphatic carbocycles. The highest BCUT2D eigenvalue weighted by molar-refractivity contribution is 7.17. The van der Waals surface area contributed by atoms with Crippen LogP contribution in [0.15, 0.2) is 42.5 Å². The van der Waals surface area contributed by atoms with Crippen LogP contribution in [0.3, 0.4) is 0 Å². The summed E-state index contributed by atoms with van der Waals surface area (Å²) in [7, 11) is 5.10. The van der Waals surface area contributed by atoms with Crippen LogP contribution in [0.4, 0.5) is 5.69 Å². The van der Waals surface area contributed by atoms with Gasteiger partial charge >= 0.3 is 0 Å². The van der Waals surface area contributed by atoms with Crippen molar-refractivity contribution in [1.29, 1.82) is 5.26 Å². The van der Waals surface area contributed by atoms with E-state index in [1.54, 1.807) is 62.4 Å². The molecule has 7 nitrogen and oxygen atoms in total. The number of ether oxygens (including phenoxy) is 1. The normalized spacial score (nSPS) is 11.9. The number of carbonyl (C=O) groups is 2. The fraction of sp³-hybridized carbons (Fsp3) is 0.217. The molecule has 0 fully saturated rings. The summed E-state index contributed by atoms with van der Waals surface area (Å²) in [6.07, 6.45) is 0.655. The molecular weight excluding hydrogens is 412 g/mol. The quantitative estimate of drug-likeness (QED) is 0.631. The molecule has 1 aliphatic heterocycles. The number of hydrogen-bond acceptors (Lipinski definition) is 6. The molecule has 2 aromatic heterocycles. The van der Waals surface area contributed by atoms with E-state index in [0.717, 1.165) is 10.4 Å². The van der Waals surface area contributed by atoms with Crippen molar-refractivity contribution in [3.05, 3.63) is 64.2 Å². The lowest BCUT2D eigenvalue weighted by Crippen LogP contribution is -2.26. The summed E-state index contributed by atoms with van der Waals surface area (Å²) in [5.74, 6) is 0.379. The Labute approximate surface area is 184 Å². The summed E-state index contributed by atoms with van der Waals surface area (Å²) < 4.78 is 5.76. The second kappa shape index (κ2) is 8.20. The van der Waals surface area contributed by atoms with Crippen molar-refractivity contribution in [2.75, 3.05) is 32.6 Å². The van der Waals surface area contributed by atoms with Crippen LogP contribution in [0.5, 0.6) is 5.75 Å². The van der Waals surface area contributed by atoms with Crippen LogP contribution < -0.4 is 9.64 Å². The predicted octanol–water partition coefficient (Wildman–Crippen LogP) is 3.60. The van der Waals surface area contributed by atoms with Gasteiger partial charge < -0.3 is 14.5 Å². The largest absolute Gasteiger partial charge is 0.491 e. The maximum atomic E-state index is 13.2. The van der Waals surface area contributed by atoms with Gasteiger partial charge in [-0.15, -0.1) is 11.3 Å². The number of nitriles is 1. The molecule has 3 aromatic rings. The van der Waals surface area contributed by atoms with E-state index < -0.39 is 0 Å². The highest BCUT2D eigenvalue weighted by Crippen LogP contribution is 2.40. The van der Waals surface area contributed by atoms with Crippen LogP contribution in [0.25, 0.3) is 10.6 Å². The molecule has 0 saturated heterocycles. The lowest BCUT2D eigenvalue weighted by Gasteiger charge is -2.17. The molecule has 8 heteroatoms. The van der Waals surface area contributed by atoms with E-state index in [1.807, 2.05) is 6.07 Å². The van der Waals surface area contributed by atoms with Gasteiger partial charge in [0.2, 0.25) is 0 Å². The average Bonchev–Trinajstić information content (AvgIpc) is 3.14. The zero-order valence-electron chi connectivity index (χ0n) is 17.4. The molecule has 0 N–H and O–H groups in total. The first-order valence-corrected chi connectivity index (χ1v) is 10.5. The van der Waals surface area contributed by atoms with Gasteiger partial charge in [-0.05, 0) is 48.0 Å². The van der Waals surface area contributed by atoms with Crippen molar-refractivity contribution in [1.82, 2.24) is 9.88 Å². The molecule has 156 valence electrons. The summed E-state index contributed by atoms with van der Waals surface area (Å²) in [6.45, 7) is 0.481. The lowest BCUT2D eigenvalue weighted by atomic mass is 10.1. The molecule has 0 unspecified atom stereocenters. The molecule has 0 spiro atoms. The molecule has 0 bridgehead atoms. The van der Waals surface area contributed by atoms with Gasteiger partial charge in [0.1, 0.15) is 23.2 Å². The maximum absolute atomic E-state index is 13.2. The molecule has 0 radical (unpaired) electrons. The first-order chi connectivity index (χ1) is 14.9. The minimum atomic E-state index is -0.149. The van der Waals surface area contributed by atoms with E-state index in [4.69, 9.17) is 4.74 Å². The number of fused-ring (bicyclic) bond motifs is 3. The van der Waals surface area contributed by atoms with Crippen molar-refractivity contribution in [2.24, 2.45) is 0 Å². The highest BCUT2D eigenvalue weighted by atomic mass is 32.1. The number of thiophene rings is 1. The van der Waals surface area contributed by atoms with E-state index in [1.165, 1.54) is 16.2 Å². The Balaban J connectivity index is 1.64. The van der Waals surface area contributed by atoms with Crippen molar-refractivity contribution < 1.29 is 14.3 Å². The third kappa shape index (κ3) is 3.88. The first-order valence-electron chi connectivity index (χ1n) is 9.66. The SMILES string of the molecule is CN(C)C(=O)c1ccc(N(C)C(=O)c2cc3c(s2)-c2nc(C#N)ccc2OCC3)cc1. The van der Waals surface area contributed by atoms with E-state index in [-0.39, 0.29) is 11.8 Å². The third-order valence-electron chi connectivity index (χ3n) is 5.05. The standard InChI is InChI=1S/C23H20N4O3S/c1-26(2)22(28)14-4-7-17(8-5-14)27(3)23(29)19-12-15-10-11-30-18-9-6-16(13-24)25-20(18)21(15)31-19/h4-9,12H,10-11H2,1-3H3. The van der Waals surface area contributed by atoms with Crippen LogP contribution in [-0.4, -0.2) is 49.4 Å². The minimum Gasteiger partial charge on any atom is -0.491 e. The zero-order chi connectivity index (χ0) is 22.1. The van der Waals surface area contributed by atoms with Gasteiger partial charge in [-0.2, -0.15) is 5.26 Å². The number of hydrogen-bond donors (Lipinski definition) is 0. The van der Waals surface area contributed by atoms with E-state index in [2.05, 4.69) is 11.1 Å². The van der Waals surface area contributed by atoms with Crippen molar-refractivity contribution in [3.63, 3.8) is 0 Å². The predicted molar refractivity (Wildman–Crippen MR) is 119 cm³/mol. The number of carbonyl (C=O) groups excluding carboxylic acids is 2. The topological polar surface area (TPSA) is 86.5 Å². The molecule has 0 atom stereocenters. The third-order valence-corrected chi connectivity index (χ3v) is 6.22. The van der Waals surface area contributed by atoms with Crippen LogP contribution in [0, 0.1) is 11.3 Å². The number of benzene rings is 1. The summed E-state index contributed by atoms with van der Waals surface area (Å²) >= 11 is 1.35. The number of nitrogens with zero attached hydrogens (tertiary/aromatic N) is 4. The molecule has 3 heterocycles. The number of anilines is 1. The smallest absolute Gasteiger partial charge is 0.268 e. The number of rotatable bonds is 3. The number of aromatic nitrogens is 1. The molecule has 0 saturated carbocycles. The van der Waals surface area contributed by atoms with Gasteiger partial charge in [0.15, 0.2) is 0 Å². The summed E-state index contributed by atoms with van der Waals surface area (Å²) in [5.41, 5.74) is 3.15. The minimum absolute atomic E-state index is 0.0901. The van der Waals surface area contributed by atoms with Crippen LogP contribution in [0.1, 0.15) is 31.3 Å². The molecule has 2 amide bonds. The van der Waals surface area contributed by atoms with Gasteiger partial charge in [-0.1, -0.05) is 0 Å². The van der Waals surface area contributed by atoms with Crippen molar-refractivity contribution in [3.8, 4) is 22.4 Å². The maximum Gasteiger partial charge on any atom is 0.268 e. The van der Waals surface area contributed by atoms with Gasteiger partial charge in [0.25, 0.3) is 11.8 Å². The molecule has 4 rings (SSSR count). The Kier molecular flexibility index (Phi) is 5.44. The van der Waals surface area contributed by atoms with E-state index in [0.29, 0.717) is 46.3 Å².